The molecule has 104 valence electrons. The van der Waals surface area contributed by atoms with Gasteiger partial charge in [-0.15, -0.1) is 0 Å². The molecule has 0 saturated heterocycles. The maximum Gasteiger partial charge on any atom is 0.238 e. The number of nitrogens with one attached hydrogen (secondary N) is 1. The summed E-state index contributed by atoms with van der Waals surface area (Å²) < 4.78 is 0. The van der Waals surface area contributed by atoms with Crippen LogP contribution in [-0.4, -0.2) is 36.5 Å². The van der Waals surface area contributed by atoms with Gasteiger partial charge in [-0.25, -0.2) is 0 Å². The molecule has 0 bridgehead atoms. The van der Waals surface area contributed by atoms with Crippen LogP contribution in [0.5, 0.6) is 0 Å². The van der Waals surface area contributed by atoms with E-state index in [-0.39, 0.29) is 5.91 Å². The number of carbonyl (C=O) groups is 1. The molecule has 1 saturated carbocycles. The number of nitrogens with two attached hydrogens (primary N) is 1. The lowest BCUT2D eigenvalue weighted by atomic mass is 9.91. The lowest BCUT2D eigenvalue weighted by Crippen LogP contribution is -2.45. The van der Waals surface area contributed by atoms with E-state index in [1.807, 2.05) is 30.3 Å². The summed E-state index contributed by atoms with van der Waals surface area (Å²) in [6.07, 6.45) is 4.66. The van der Waals surface area contributed by atoms with Crippen molar-refractivity contribution < 1.29 is 4.79 Å². The van der Waals surface area contributed by atoms with Crippen LogP contribution in [0.15, 0.2) is 30.3 Å². The van der Waals surface area contributed by atoms with Gasteiger partial charge in [0.2, 0.25) is 5.91 Å². The van der Waals surface area contributed by atoms with Gasteiger partial charge in [0.15, 0.2) is 0 Å². The first-order chi connectivity index (χ1) is 9.29. The van der Waals surface area contributed by atoms with Crippen molar-refractivity contribution in [3.8, 4) is 0 Å². The van der Waals surface area contributed by atoms with Gasteiger partial charge >= 0.3 is 0 Å². The molecular weight excluding hydrogens is 238 g/mol. The molecule has 1 aliphatic carbocycles. The van der Waals surface area contributed by atoms with E-state index in [0.29, 0.717) is 19.1 Å². The second kappa shape index (κ2) is 7.26. The van der Waals surface area contributed by atoms with Gasteiger partial charge in [-0.05, 0) is 37.9 Å². The predicted molar refractivity (Wildman–Crippen MR) is 78.0 cm³/mol. The Morgan fingerprint density at radius 2 is 2.05 bits per heavy atom. The molecule has 4 nitrogen and oxygen atoms in total. The molecule has 0 heterocycles. The molecule has 0 aromatic heterocycles. The van der Waals surface area contributed by atoms with Gasteiger partial charge < -0.3 is 11.1 Å². The summed E-state index contributed by atoms with van der Waals surface area (Å²) in [6.45, 7) is 2.08. The maximum absolute atomic E-state index is 12.0. The first kappa shape index (κ1) is 14.0. The lowest BCUT2D eigenvalue weighted by Gasteiger charge is -2.37. The molecule has 0 aliphatic heterocycles. The summed E-state index contributed by atoms with van der Waals surface area (Å²) in [7, 11) is 0. The van der Waals surface area contributed by atoms with Crippen molar-refractivity contribution >= 4 is 11.6 Å². The van der Waals surface area contributed by atoms with Gasteiger partial charge in [0.05, 0.1) is 6.54 Å². The number of para-hydroxylation sites is 1. The number of benzene rings is 1. The molecule has 1 aliphatic rings. The van der Waals surface area contributed by atoms with Crippen molar-refractivity contribution in [3.63, 3.8) is 0 Å². The molecule has 0 spiro atoms. The highest BCUT2D eigenvalue weighted by Crippen LogP contribution is 2.24. The highest BCUT2D eigenvalue weighted by Gasteiger charge is 2.25. The third kappa shape index (κ3) is 4.33. The van der Waals surface area contributed by atoms with Gasteiger partial charge in [0.25, 0.3) is 0 Å². The average Bonchev–Trinajstić information content (AvgIpc) is 2.35. The summed E-state index contributed by atoms with van der Waals surface area (Å²) in [5, 5.41) is 2.94. The van der Waals surface area contributed by atoms with Crippen LogP contribution in [0, 0.1) is 0 Å². The molecule has 4 heteroatoms. The van der Waals surface area contributed by atoms with Crippen LogP contribution < -0.4 is 11.1 Å². The number of hydrogen-bond donors (Lipinski definition) is 2. The zero-order chi connectivity index (χ0) is 13.5. The number of rotatable bonds is 7. The Morgan fingerprint density at radius 3 is 2.63 bits per heavy atom. The lowest BCUT2D eigenvalue weighted by molar-refractivity contribution is -0.118. The number of amides is 1. The topological polar surface area (TPSA) is 58.4 Å². The van der Waals surface area contributed by atoms with Gasteiger partial charge in [-0.2, -0.15) is 0 Å². The molecule has 1 aromatic carbocycles. The number of nitrogens with zero attached hydrogens (tertiary/aromatic N) is 1. The zero-order valence-electron chi connectivity index (χ0n) is 11.3. The average molecular weight is 261 g/mol. The van der Waals surface area contributed by atoms with E-state index in [4.69, 9.17) is 5.73 Å². The summed E-state index contributed by atoms with van der Waals surface area (Å²) in [6, 6.07) is 10.2. The van der Waals surface area contributed by atoms with Crippen molar-refractivity contribution in [1.29, 1.82) is 0 Å². The fourth-order valence-corrected chi connectivity index (χ4v) is 2.34. The molecule has 3 N–H and O–H groups in total. The first-order valence-electron chi connectivity index (χ1n) is 7.08. The van der Waals surface area contributed by atoms with Crippen molar-refractivity contribution in [1.82, 2.24) is 4.90 Å². The van der Waals surface area contributed by atoms with Crippen molar-refractivity contribution in [3.05, 3.63) is 30.3 Å². The summed E-state index contributed by atoms with van der Waals surface area (Å²) >= 11 is 0. The van der Waals surface area contributed by atoms with Crippen molar-refractivity contribution in [2.24, 2.45) is 5.73 Å². The number of anilines is 1. The van der Waals surface area contributed by atoms with Gasteiger partial charge in [-0.3, -0.25) is 9.69 Å². The molecule has 19 heavy (non-hydrogen) atoms. The molecule has 0 radical (unpaired) electrons. The van der Waals surface area contributed by atoms with Crippen LogP contribution in [0.3, 0.4) is 0 Å². The van der Waals surface area contributed by atoms with Crippen LogP contribution in [0.4, 0.5) is 5.69 Å². The van der Waals surface area contributed by atoms with E-state index in [0.717, 1.165) is 18.7 Å². The van der Waals surface area contributed by atoms with E-state index in [9.17, 15) is 4.79 Å². The largest absolute Gasteiger partial charge is 0.330 e. The van der Waals surface area contributed by atoms with E-state index in [1.54, 1.807) is 0 Å². The minimum absolute atomic E-state index is 0.0649. The number of carbonyl (C=O) groups excluding carboxylic acids is 1. The molecule has 1 fully saturated rings. The quantitative estimate of drug-likeness (QED) is 0.787. The smallest absolute Gasteiger partial charge is 0.238 e. The van der Waals surface area contributed by atoms with Crippen LogP contribution in [0.2, 0.25) is 0 Å². The van der Waals surface area contributed by atoms with Crippen LogP contribution in [0.25, 0.3) is 0 Å². The minimum atomic E-state index is 0.0649. The summed E-state index contributed by atoms with van der Waals surface area (Å²) in [5.41, 5.74) is 6.42. The van der Waals surface area contributed by atoms with Gasteiger partial charge in [-0.1, -0.05) is 24.6 Å². The van der Waals surface area contributed by atoms with E-state index < -0.39 is 0 Å². The Hall–Kier alpha value is -1.39. The Morgan fingerprint density at radius 1 is 1.32 bits per heavy atom. The Labute approximate surface area is 115 Å². The fourth-order valence-electron chi connectivity index (χ4n) is 2.34. The normalized spacial score (nSPS) is 15.3. The highest BCUT2D eigenvalue weighted by molar-refractivity contribution is 5.92. The standard InChI is InChI=1S/C15H23N3O/c16-10-5-11-18(14-8-4-9-14)12-15(19)17-13-6-2-1-3-7-13/h1-3,6-7,14H,4-5,8-12,16H2,(H,17,19). The first-order valence-corrected chi connectivity index (χ1v) is 7.08. The van der Waals surface area contributed by atoms with Crippen LogP contribution >= 0.6 is 0 Å². The second-order valence-electron chi connectivity index (χ2n) is 5.11. The summed E-state index contributed by atoms with van der Waals surface area (Å²) in [4.78, 5) is 14.3. The molecule has 2 rings (SSSR count). The zero-order valence-corrected chi connectivity index (χ0v) is 11.3. The number of hydrogen-bond acceptors (Lipinski definition) is 3. The van der Waals surface area contributed by atoms with E-state index in [2.05, 4.69) is 10.2 Å². The van der Waals surface area contributed by atoms with Crippen LogP contribution in [0.1, 0.15) is 25.7 Å². The van der Waals surface area contributed by atoms with Gasteiger partial charge in [0.1, 0.15) is 0 Å². The molecule has 1 aromatic rings. The van der Waals surface area contributed by atoms with Crippen LogP contribution in [-0.2, 0) is 4.79 Å². The van der Waals surface area contributed by atoms with E-state index in [1.165, 1.54) is 19.3 Å². The Kier molecular flexibility index (Phi) is 5.36. The third-order valence-electron chi connectivity index (χ3n) is 3.64. The van der Waals surface area contributed by atoms with Crippen molar-refractivity contribution in [2.75, 3.05) is 25.0 Å². The SMILES string of the molecule is NCCCN(CC(=O)Nc1ccccc1)C1CCC1. The Balaban J connectivity index is 1.83. The molecular formula is C15H23N3O. The maximum atomic E-state index is 12.0. The fraction of sp³-hybridized carbons (Fsp3) is 0.533. The molecule has 0 atom stereocenters. The monoisotopic (exact) mass is 261 g/mol. The summed E-state index contributed by atoms with van der Waals surface area (Å²) in [5.74, 6) is 0.0649. The minimum Gasteiger partial charge on any atom is -0.330 e. The van der Waals surface area contributed by atoms with E-state index >= 15 is 0 Å². The second-order valence-corrected chi connectivity index (χ2v) is 5.11. The van der Waals surface area contributed by atoms with Gasteiger partial charge in [0, 0.05) is 18.3 Å². The third-order valence-corrected chi connectivity index (χ3v) is 3.64. The Bertz CT molecular complexity index is 390. The molecule has 1 amide bonds. The highest BCUT2D eigenvalue weighted by atomic mass is 16.2. The molecule has 0 unspecified atom stereocenters. The van der Waals surface area contributed by atoms with Crippen molar-refractivity contribution in [2.45, 2.75) is 31.7 Å². The predicted octanol–water partition coefficient (Wildman–Crippen LogP) is 1.83.